The highest BCUT2D eigenvalue weighted by Gasteiger charge is 2.23. The third kappa shape index (κ3) is 3.21. The molecule has 0 bridgehead atoms. The molecule has 3 aromatic rings. The van der Waals surface area contributed by atoms with E-state index in [0.717, 1.165) is 34.7 Å². The second kappa shape index (κ2) is 6.78. The molecule has 0 unspecified atom stereocenters. The van der Waals surface area contributed by atoms with Crippen molar-refractivity contribution in [3.05, 3.63) is 70.1 Å². The van der Waals surface area contributed by atoms with Gasteiger partial charge in [0.2, 0.25) is 0 Å². The maximum atomic E-state index is 14.0. The van der Waals surface area contributed by atoms with Crippen LogP contribution in [0.5, 0.6) is 0 Å². The van der Waals surface area contributed by atoms with Crippen LogP contribution < -0.4 is 10.2 Å². The van der Waals surface area contributed by atoms with Crippen LogP contribution in [-0.2, 0) is 6.42 Å². The number of hydrogen-bond donors (Lipinski definition) is 1. The highest BCUT2D eigenvalue weighted by Crippen LogP contribution is 2.41. The van der Waals surface area contributed by atoms with Crippen LogP contribution in [0.3, 0.4) is 0 Å². The molecule has 0 atom stereocenters. The SMILES string of the molecule is Cc1cccc(F)c1NC(=O)c1cc2c(s1)-c1ccc(F)cc1N(C)CC2. The number of likely N-dealkylation sites (N-methyl/N-ethyl adjacent to an activating group) is 1. The summed E-state index contributed by atoms with van der Waals surface area (Å²) in [6, 6.07) is 11.3. The molecule has 1 aliphatic heterocycles. The Hall–Kier alpha value is -2.73. The topological polar surface area (TPSA) is 32.3 Å². The predicted octanol–water partition coefficient (Wildman–Crippen LogP) is 5.25. The lowest BCUT2D eigenvalue weighted by Crippen LogP contribution is -2.19. The number of carbonyl (C=O) groups excluding carboxylic acids is 1. The molecule has 2 aromatic carbocycles. The molecule has 2 heterocycles. The first kappa shape index (κ1) is 17.7. The Balaban J connectivity index is 1.71. The summed E-state index contributed by atoms with van der Waals surface area (Å²) in [5.74, 6) is -1.07. The van der Waals surface area contributed by atoms with E-state index in [-0.39, 0.29) is 17.4 Å². The fraction of sp³-hybridized carbons (Fsp3) is 0.190. The number of carbonyl (C=O) groups is 1. The Morgan fingerprint density at radius 2 is 2.00 bits per heavy atom. The summed E-state index contributed by atoms with van der Waals surface area (Å²) in [5, 5.41) is 2.69. The number of benzene rings is 2. The number of nitrogens with one attached hydrogen (secondary N) is 1. The standard InChI is InChI=1S/C21H18F2N2OS/c1-12-4-3-5-16(23)19(12)24-21(26)18-10-13-8-9-25(2)17-11-14(22)6-7-15(17)20(13)27-18/h3-7,10-11H,8-9H2,1-2H3,(H,24,26). The van der Waals surface area contributed by atoms with Crippen molar-refractivity contribution in [2.75, 3.05) is 23.8 Å². The Kier molecular flexibility index (Phi) is 4.44. The average molecular weight is 384 g/mol. The third-order valence-electron chi connectivity index (χ3n) is 4.83. The molecule has 0 radical (unpaired) electrons. The zero-order chi connectivity index (χ0) is 19.1. The van der Waals surface area contributed by atoms with E-state index < -0.39 is 5.82 Å². The second-order valence-electron chi connectivity index (χ2n) is 6.68. The van der Waals surface area contributed by atoms with Gasteiger partial charge >= 0.3 is 0 Å². The number of nitrogens with zero attached hydrogens (tertiary/aromatic N) is 1. The van der Waals surface area contributed by atoms with Gasteiger partial charge in [0.05, 0.1) is 10.6 Å². The van der Waals surface area contributed by atoms with Crippen LogP contribution >= 0.6 is 11.3 Å². The van der Waals surface area contributed by atoms with Crippen LogP contribution in [0, 0.1) is 18.6 Å². The van der Waals surface area contributed by atoms with Gasteiger partial charge in [-0.05, 0) is 54.8 Å². The van der Waals surface area contributed by atoms with Gasteiger partial charge in [-0.2, -0.15) is 0 Å². The smallest absolute Gasteiger partial charge is 0.265 e. The van der Waals surface area contributed by atoms with Gasteiger partial charge in [0.15, 0.2) is 0 Å². The first-order chi connectivity index (χ1) is 12.9. The quantitative estimate of drug-likeness (QED) is 0.655. The first-order valence-corrected chi connectivity index (χ1v) is 9.46. The number of anilines is 2. The van der Waals surface area contributed by atoms with Crippen molar-refractivity contribution in [1.29, 1.82) is 0 Å². The number of halogens is 2. The molecule has 3 nitrogen and oxygen atoms in total. The molecule has 1 N–H and O–H groups in total. The Morgan fingerprint density at radius 3 is 2.78 bits per heavy atom. The zero-order valence-corrected chi connectivity index (χ0v) is 15.8. The lowest BCUT2D eigenvalue weighted by Gasteiger charge is -2.19. The number of fused-ring (bicyclic) bond motifs is 3. The molecule has 4 rings (SSSR count). The lowest BCUT2D eigenvalue weighted by atomic mass is 10.1. The van der Waals surface area contributed by atoms with Gasteiger partial charge in [-0.15, -0.1) is 11.3 Å². The molecule has 6 heteroatoms. The van der Waals surface area contributed by atoms with Crippen molar-refractivity contribution in [2.45, 2.75) is 13.3 Å². The maximum Gasteiger partial charge on any atom is 0.265 e. The van der Waals surface area contributed by atoms with Gasteiger partial charge in [0.1, 0.15) is 11.6 Å². The molecule has 0 saturated heterocycles. The third-order valence-corrected chi connectivity index (χ3v) is 6.03. The van der Waals surface area contributed by atoms with Crippen molar-refractivity contribution < 1.29 is 13.6 Å². The van der Waals surface area contributed by atoms with Crippen LogP contribution in [0.25, 0.3) is 10.4 Å². The summed E-state index contributed by atoms with van der Waals surface area (Å²) >= 11 is 1.35. The summed E-state index contributed by atoms with van der Waals surface area (Å²) in [5.41, 5.74) is 3.65. The summed E-state index contributed by atoms with van der Waals surface area (Å²) < 4.78 is 27.7. The van der Waals surface area contributed by atoms with E-state index >= 15 is 0 Å². The van der Waals surface area contributed by atoms with E-state index in [1.807, 2.05) is 18.0 Å². The fourth-order valence-corrected chi connectivity index (χ4v) is 4.48. The fourth-order valence-electron chi connectivity index (χ4n) is 3.34. The van der Waals surface area contributed by atoms with Crippen molar-refractivity contribution in [1.82, 2.24) is 0 Å². The van der Waals surface area contributed by atoms with Gasteiger partial charge in [-0.25, -0.2) is 8.78 Å². The van der Waals surface area contributed by atoms with E-state index in [1.54, 1.807) is 25.1 Å². The summed E-state index contributed by atoms with van der Waals surface area (Å²) in [7, 11) is 1.93. The van der Waals surface area contributed by atoms with Gasteiger partial charge in [-0.1, -0.05) is 12.1 Å². The number of hydrogen-bond acceptors (Lipinski definition) is 3. The number of thiophene rings is 1. The van der Waals surface area contributed by atoms with E-state index in [4.69, 9.17) is 0 Å². The zero-order valence-electron chi connectivity index (χ0n) is 15.0. The van der Waals surface area contributed by atoms with Gasteiger partial charge in [0, 0.05) is 29.7 Å². The largest absolute Gasteiger partial charge is 0.374 e. The molecule has 0 spiro atoms. The Morgan fingerprint density at radius 1 is 1.19 bits per heavy atom. The minimum absolute atomic E-state index is 0.202. The van der Waals surface area contributed by atoms with E-state index in [9.17, 15) is 13.6 Å². The Bertz CT molecular complexity index is 1020. The van der Waals surface area contributed by atoms with Gasteiger partial charge in [-0.3, -0.25) is 4.79 Å². The van der Waals surface area contributed by atoms with Crippen LogP contribution in [0.15, 0.2) is 42.5 Å². The first-order valence-electron chi connectivity index (χ1n) is 8.64. The van der Waals surface area contributed by atoms with Crippen LogP contribution in [0.4, 0.5) is 20.2 Å². The number of amides is 1. The van der Waals surface area contributed by atoms with Crippen molar-refractivity contribution in [2.24, 2.45) is 0 Å². The molecule has 138 valence electrons. The summed E-state index contributed by atoms with van der Waals surface area (Å²) in [6.45, 7) is 2.48. The molecular weight excluding hydrogens is 366 g/mol. The lowest BCUT2D eigenvalue weighted by molar-refractivity contribution is 0.103. The van der Waals surface area contributed by atoms with Crippen molar-refractivity contribution >= 4 is 28.6 Å². The monoisotopic (exact) mass is 384 g/mol. The van der Waals surface area contributed by atoms with Gasteiger partial charge in [0.25, 0.3) is 5.91 Å². The van der Waals surface area contributed by atoms with Crippen LogP contribution in [-0.4, -0.2) is 19.5 Å². The highest BCUT2D eigenvalue weighted by atomic mass is 32.1. The molecule has 1 amide bonds. The molecule has 0 fully saturated rings. The highest BCUT2D eigenvalue weighted by molar-refractivity contribution is 7.17. The maximum absolute atomic E-state index is 14.0. The van der Waals surface area contributed by atoms with E-state index in [1.165, 1.54) is 29.5 Å². The minimum Gasteiger partial charge on any atom is -0.374 e. The number of aryl methyl sites for hydroxylation is 1. The van der Waals surface area contributed by atoms with Crippen molar-refractivity contribution in [3.8, 4) is 10.4 Å². The molecule has 1 aliphatic rings. The molecular formula is C21H18F2N2OS. The van der Waals surface area contributed by atoms with Crippen LogP contribution in [0.2, 0.25) is 0 Å². The number of para-hydroxylation sites is 1. The second-order valence-corrected chi connectivity index (χ2v) is 7.74. The molecule has 0 aliphatic carbocycles. The van der Waals surface area contributed by atoms with Crippen molar-refractivity contribution in [3.63, 3.8) is 0 Å². The summed E-state index contributed by atoms with van der Waals surface area (Å²) in [4.78, 5) is 16.2. The normalized spacial score (nSPS) is 13.0. The number of rotatable bonds is 2. The molecule has 0 saturated carbocycles. The van der Waals surface area contributed by atoms with E-state index in [0.29, 0.717) is 10.4 Å². The Labute approximate surface area is 160 Å². The predicted molar refractivity (Wildman–Crippen MR) is 106 cm³/mol. The molecule has 1 aromatic heterocycles. The van der Waals surface area contributed by atoms with Gasteiger partial charge < -0.3 is 10.2 Å². The molecule has 27 heavy (non-hydrogen) atoms. The minimum atomic E-state index is -0.455. The summed E-state index contributed by atoms with van der Waals surface area (Å²) in [6.07, 6.45) is 0.755. The average Bonchev–Trinajstić information content (AvgIpc) is 3.02. The van der Waals surface area contributed by atoms with Crippen LogP contribution in [0.1, 0.15) is 20.8 Å². The van der Waals surface area contributed by atoms with E-state index in [2.05, 4.69) is 5.32 Å².